The Bertz CT molecular complexity index is 825. The number of aryl methyl sites for hydroxylation is 2. The molecule has 142 valence electrons. The lowest BCUT2D eigenvalue weighted by Gasteiger charge is -2.34. The smallest absolute Gasteiger partial charge is 0.246 e. The summed E-state index contributed by atoms with van der Waals surface area (Å²) in [6.45, 7) is 9.71. The Morgan fingerprint density at radius 2 is 1.89 bits per heavy atom. The van der Waals surface area contributed by atoms with Gasteiger partial charge in [0.1, 0.15) is 5.82 Å². The Morgan fingerprint density at radius 1 is 1.15 bits per heavy atom. The molecule has 1 fully saturated rings. The van der Waals surface area contributed by atoms with Crippen LogP contribution in [0.25, 0.3) is 6.08 Å². The van der Waals surface area contributed by atoms with E-state index in [2.05, 4.69) is 20.2 Å². The van der Waals surface area contributed by atoms with Gasteiger partial charge in [0.2, 0.25) is 11.9 Å². The average molecular weight is 365 g/mol. The molecule has 6 heteroatoms. The molecule has 1 aliphatic heterocycles. The highest BCUT2D eigenvalue weighted by atomic mass is 16.2. The van der Waals surface area contributed by atoms with E-state index in [9.17, 15) is 4.79 Å². The monoisotopic (exact) mass is 365 g/mol. The molecule has 0 atom stereocenters. The summed E-state index contributed by atoms with van der Waals surface area (Å²) in [6, 6.07) is 10.0. The van der Waals surface area contributed by atoms with Crippen LogP contribution >= 0.6 is 0 Å². The third-order valence-electron chi connectivity index (χ3n) is 4.67. The molecule has 6 nitrogen and oxygen atoms in total. The molecule has 0 radical (unpaired) electrons. The largest absolute Gasteiger partial charge is 0.370 e. The molecule has 0 spiro atoms. The van der Waals surface area contributed by atoms with Crippen molar-refractivity contribution in [1.29, 1.82) is 0 Å². The SMILES string of the molecule is CCNc1cc(C)nc(N2CCN(C(=O)/C=C/c3ccccc3C)CC2)n1. The van der Waals surface area contributed by atoms with Crippen molar-refractivity contribution in [3.63, 3.8) is 0 Å². The van der Waals surface area contributed by atoms with E-state index in [-0.39, 0.29) is 5.91 Å². The van der Waals surface area contributed by atoms with Gasteiger partial charge in [0, 0.05) is 50.6 Å². The van der Waals surface area contributed by atoms with E-state index in [1.807, 2.05) is 62.1 Å². The third-order valence-corrected chi connectivity index (χ3v) is 4.67. The molecule has 2 heterocycles. The number of piperazine rings is 1. The molecule has 1 aliphatic rings. The van der Waals surface area contributed by atoms with Crippen LogP contribution in [0.3, 0.4) is 0 Å². The van der Waals surface area contributed by atoms with Crippen molar-refractivity contribution in [2.75, 3.05) is 42.9 Å². The number of benzene rings is 1. The zero-order valence-corrected chi connectivity index (χ0v) is 16.3. The molecule has 1 amide bonds. The first-order valence-electron chi connectivity index (χ1n) is 9.44. The highest BCUT2D eigenvalue weighted by molar-refractivity contribution is 5.92. The van der Waals surface area contributed by atoms with Crippen molar-refractivity contribution in [2.45, 2.75) is 20.8 Å². The number of carbonyl (C=O) groups excluding carboxylic acids is 1. The Morgan fingerprint density at radius 3 is 2.59 bits per heavy atom. The lowest BCUT2D eigenvalue weighted by molar-refractivity contribution is -0.126. The number of anilines is 2. The van der Waals surface area contributed by atoms with Crippen molar-refractivity contribution in [3.8, 4) is 0 Å². The van der Waals surface area contributed by atoms with Gasteiger partial charge in [-0.3, -0.25) is 4.79 Å². The summed E-state index contributed by atoms with van der Waals surface area (Å²) in [6.07, 6.45) is 3.57. The number of carbonyl (C=O) groups is 1. The molecule has 0 unspecified atom stereocenters. The summed E-state index contributed by atoms with van der Waals surface area (Å²) < 4.78 is 0. The van der Waals surface area contributed by atoms with Crippen LogP contribution < -0.4 is 10.2 Å². The zero-order valence-electron chi connectivity index (χ0n) is 16.3. The van der Waals surface area contributed by atoms with Crippen LogP contribution in [-0.4, -0.2) is 53.5 Å². The van der Waals surface area contributed by atoms with Gasteiger partial charge in [-0.1, -0.05) is 24.3 Å². The molecule has 2 aromatic rings. The van der Waals surface area contributed by atoms with Gasteiger partial charge in [-0.2, -0.15) is 4.98 Å². The van der Waals surface area contributed by atoms with E-state index in [4.69, 9.17) is 0 Å². The number of aromatic nitrogens is 2. The average Bonchev–Trinajstić information content (AvgIpc) is 2.67. The summed E-state index contributed by atoms with van der Waals surface area (Å²) in [7, 11) is 0. The third kappa shape index (κ3) is 4.84. The highest BCUT2D eigenvalue weighted by Crippen LogP contribution is 2.16. The number of amides is 1. The minimum atomic E-state index is 0.0522. The summed E-state index contributed by atoms with van der Waals surface area (Å²) in [5, 5.41) is 3.24. The molecule has 1 aromatic carbocycles. The molecule has 1 saturated heterocycles. The van der Waals surface area contributed by atoms with Crippen LogP contribution in [0, 0.1) is 13.8 Å². The molecule has 27 heavy (non-hydrogen) atoms. The van der Waals surface area contributed by atoms with E-state index >= 15 is 0 Å². The molecular weight excluding hydrogens is 338 g/mol. The van der Waals surface area contributed by atoms with Crippen molar-refractivity contribution >= 4 is 23.7 Å². The topological polar surface area (TPSA) is 61.4 Å². The predicted molar refractivity (Wildman–Crippen MR) is 110 cm³/mol. The van der Waals surface area contributed by atoms with Crippen LogP contribution in [0.2, 0.25) is 0 Å². The molecule has 0 saturated carbocycles. The fourth-order valence-electron chi connectivity index (χ4n) is 3.13. The quantitative estimate of drug-likeness (QED) is 0.826. The van der Waals surface area contributed by atoms with Gasteiger partial charge in [0.25, 0.3) is 0 Å². The number of nitrogens with zero attached hydrogens (tertiary/aromatic N) is 4. The minimum absolute atomic E-state index is 0.0522. The predicted octanol–water partition coefficient (Wildman–Crippen LogP) is 2.89. The van der Waals surface area contributed by atoms with Crippen molar-refractivity contribution in [3.05, 3.63) is 53.2 Å². The van der Waals surface area contributed by atoms with Crippen molar-refractivity contribution < 1.29 is 4.79 Å². The van der Waals surface area contributed by atoms with Crippen LogP contribution in [0.15, 0.2) is 36.4 Å². The minimum Gasteiger partial charge on any atom is -0.370 e. The van der Waals surface area contributed by atoms with Crippen molar-refractivity contribution in [2.24, 2.45) is 0 Å². The Kier molecular flexibility index (Phi) is 6.06. The summed E-state index contributed by atoms with van der Waals surface area (Å²) in [4.78, 5) is 25.7. The van der Waals surface area contributed by atoms with Crippen LogP contribution in [0.5, 0.6) is 0 Å². The highest BCUT2D eigenvalue weighted by Gasteiger charge is 2.21. The molecule has 0 aliphatic carbocycles. The Labute approximate surface area is 160 Å². The summed E-state index contributed by atoms with van der Waals surface area (Å²) in [5.41, 5.74) is 3.18. The molecule has 1 N–H and O–H groups in total. The first-order chi connectivity index (χ1) is 13.1. The van der Waals surface area contributed by atoms with E-state index in [0.717, 1.165) is 42.7 Å². The maximum absolute atomic E-state index is 12.5. The number of rotatable bonds is 5. The molecule has 3 rings (SSSR count). The lowest BCUT2D eigenvalue weighted by atomic mass is 10.1. The number of hydrogen-bond acceptors (Lipinski definition) is 5. The van der Waals surface area contributed by atoms with Gasteiger partial charge in [-0.15, -0.1) is 0 Å². The van der Waals surface area contributed by atoms with E-state index in [1.54, 1.807) is 6.08 Å². The standard InChI is InChI=1S/C21H27N5O/c1-4-22-19-15-17(3)23-21(24-19)26-13-11-25(12-14-26)20(27)10-9-18-8-6-5-7-16(18)2/h5-10,15H,4,11-14H2,1-3H3,(H,22,23,24)/b10-9+. The number of nitrogens with one attached hydrogen (secondary N) is 1. The first kappa shape index (κ1) is 18.9. The maximum atomic E-state index is 12.5. The van der Waals surface area contributed by atoms with E-state index < -0.39 is 0 Å². The van der Waals surface area contributed by atoms with E-state index in [1.165, 1.54) is 5.56 Å². The molecule has 0 bridgehead atoms. The van der Waals surface area contributed by atoms with Crippen LogP contribution in [-0.2, 0) is 4.79 Å². The molecule has 1 aromatic heterocycles. The first-order valence-corrected chi connectivity index (χ1v) is 9.44. The summed E-state index contributed by atoms with van der Waals surface area (Å²) >= 11 is 0. The Hall–Kier alpha value is -2.89. The van der Waals surface area contributed by atoms with Gasteiger partial charge in [-0.05, 0) is 38.0 Å². The van der Waals surface area contributed by atoms with Crippen LogP contribution in [0.1, 0.15) is 23.7 Å². The van der Waals surface area contributed by atoms with Gasteiger partial charge < -0.3 is 15.1 Å². The second kappa shape index (κ2) is 8.66. The van der Waals surface area contributed by atoms with Crippen molar-refractivity contribution in [1.82, 2.24) is 14.9 Å². The van der Waals surface area contributed by atoms with Gasteiger partial charge >= 0.3 is 0 Å². The second-order valence-electron chi connectivity index (χ2n) is 6.73. The fourth-order valence-corrected chi connectivity index (χ4v) is 3.13. The number of hydrogen-bond donors (Lipinski definition) is 1. The Balaban J connectivity index is 1.60. The van der Waals surface area contributed by atoms with Gasteiger partial charge in [-0.25, -0.2) is 4.98 Å². The zero-order chi connectivity index (χ0) is 19.2. The second-order valence-corrected chi connectivity index (χ2v) is 6.73. The lowest BCUT2D eigenvalue weighted by Crippen LogP contribution is -2.48. The van der Waals surface area contributed by atoms with E-state index in [0.29, 0.717) is 13.1 Å². The normalized spacial score (nSPS) is 14.6. The fraction of sp³-hybridized carbons (Fsp3) is 0.381. The van der Waals surface area contributed by atoms with Crippen LogP contribution in [0.4, 0.5) is 11.8 Å². The van der Waals surface area contributed by atoms with Gasteiger partial charge in [0.15, 0.2) is 0 Å². The van der Waals surface area contributed by atoms with Gasteiger partial charge in [0.05, 0.1) is 0 Å². The maximum Gasteiger partial charge on any atom is 0.246 e. The summed E-state index contributed by atoms with van der Waals surface area (Å²) in [5.74, 6) is 1.63. The molecular formula is C21H27N5O.